The SMILES string of the molecule is CCC(O)C1(C)CCCCC2(O)CC3(C4C5CCC4C4CCC4C5C)CC1(O)C23O. The predicted octanol–water partition coefficient (Wildman–Crippen LogP) is 3.64. The Morgan fingerprint density at radius 1 is 0.867 bits per heavy atom. The average Bonchev–Trinajstić information content (AvgIpc) is 3.08. The van der Waals surface area contributed by atoms with E-state index in [9.17, 15) is 20.4 Å². The van der Waals surface area contributed by atoms with Crippen LogP contribution < -0.4 is 0 Å². The molecule has 0 saturated heterocycles. The first-order valence-electron chi connectivity index (χ1n) is 13.0. The maximum absolute atomic E-state index is 12.5. The number of hydrogen-bond donors (Lipinski definition) is 4. The largest absolute Gasteiger partial charge is 0.392 e. The van der Waals surface area contributed by atoms with Crippen LogP contribution in [0.2, 0.25) is 0 Å². The van der Waals surface area contributed by atoms with Gasteiger partial charge in [0, 0.05) is 10.8 Å². The molecule has 6 fully saturated rings. The average molecular weight is 419 g/mol. The molecule has 4 N–H and O–H groups in total. The fraction of sp³-hybridized carbons (Fsp3) is 1.00. The molecule has 170 valence electrons. The standard InChI is InChI=1S/C26H42O4/c1-4-20(27)22(3)11-5-6-12-24(28)13-23(14-25(22,29)26(23,24)30)21-17-8-10-19(21)18-9-7-16(18)15(17)2/h15-21,27-30H,4-14H2,1-3H3. The molecular formula is C26H42O4. The number of hydrogen-bond acceptors (Lipinski definition) is 4. The van der Waals surface area contributed by atoms with E-state index in [1.54, 1.807) is 0 Å². The van der Waals surface area contributed by atoms with Gasteiger partial charge in [0.25, 0.3) is 0 Å². The number of aliphatic hydroxyl groups excluding tert-OH is 1. The number of fused-ring (bicyclic) bond motifs is 5. The Morgan fingerprint density at radius 2 is 1.50 bits per heavy atom. The van der Waals surface area contributed by atoms with Crippen molar-refractivity contribution >= 4 is 0 Å². The summed E-state index contributed by atoms with van der Waals surface area (Å²) < 4.78 is 0. The van der Waals surface area contributed by atoms with E-state index in [0.29, 0.717) is 55.8 Å². The van der Waals surface area contributed by atoms with Gasteiger partial charge in [-0.25, -0.2) is 0 Å². The topological polar surface area (TPSA) is 80.9 Å². The Labute approximate surface area is 181 Å². The van der Waals surface area contributed by atoms with Gasteiger partial charge in [0.2, 0.25) is 0 Å². The van der Waals surface area contributed by atoms with Crippen LogP contribution in [0.15, 0.2) is 0 Å². The van der Waals surface area contributed by atoms with Gasteiger partial charge in [0.1, 0.15) is 11.2 Å². The van der Waals surface area contributed by atoms with Crippen molar-refractivity contribution in [1.82, 2.24) is 0 Å². The molecule has 6 rings (SSSR count). The van der Waals surface area contributed by atoms with Crippen LogP contribution in [0.1, 0.15) is 91.4 Å². The van der Waals surface area contributed by atoms with Crippen molar-refractivity contribution in [2.45, 2.75) is 114 Å². The van der Waals surface area contributed by atoms with Crippen LogP contribution in [0.4, 0.5) is 0 Å². The maximum Gasteiger partial charge on any atom is 0.128 e. The van der Waals surface area contributed by atoms with Gasteiger partial charge in [-0.15, -0.1) is 0 Å². The molecule has 0 heterocycles. The molecule has 2 bridgehead atoms. The Kier molecular flexibility index (Phi) is 3.98. The second kappa shape index (κ2) is 5.85. The highest BCUT2D eigenvalue weighted by molar-refractivity contribution is 5.43. The molecule has 4 nitrogen and oxygen atoms in total. The molecule has 0 aromatic rings. The van der Waals surface area contributed by atoms with E-state index >= 15 is 0 Å². The minimum Gasteiger partial charge on any atom is -0.392 e. The highest BCUT2D eigenvalue weighted by atomic mass is 16.4. The molecule has 6 aliphatic carbocycles. The zero-order valence-electron chi connectivity index (χ0n) is 19.1. The molecular weight excluding hydrogens is 376 g/mol. The van der Waals surface area contributed by atoms with Crippen LogP contribution in [0.3, 0.4) is 0 Å². The van der Waals surface area contributed by atoms with Crippen molar-refractivity contribution in [2.75, 3.05) is 0 Å². The summed E-state index contributed by atoms with van der Waals surface area (Å²) in [5.41, 5.74) is -5.20. The summed E-state index contributed by atoms with van der Waals surface area (Å²) in [6, 6.07) is 0. The molecule has 6 aliphatic rings. The monoisotopic (exact) mass is 418 g/mol. The minimum atomic E-state index is -1.47. The smallest absolute Gasteiger partial charge is 0.128 e. The Balaban J connectivity index is 1.44. The number of rotatable bonds is 3. The van der Waals surface area contributed by atoms with E-state index in [1.165, 1.54) is 25.7 Å². The molecule has 0 aliphatic heterocycles. The van der Waals surface area contributed by atoms with E-state index in [4.69, 9.17) is 0 Å². The summed E-state index contributed by atoms with van der Waals surface area (Å²) in [5.74, 6) is 4.09. The quantitative estimate of drug-likeness (QED) is 0.564. The van der Waals surface area contributed by atoms with E-state index in [0.717, 1.165) is 24.7 Å². The van der Waals surface area contributed by atoms with Gasteiger partial charge in [-0.3, -0.25) is 0 Å². The lowest BCUT2D eigenvalue weighted by molar-refractivity contribution is -0.489. The highest BCUT2D eigenvalue weighted by Crippen LogP contribution is 2.84. The summed E-state index contributed by atoms with van der Waals surface area (Å²) in [6.45, 7) is 6.38. The van der Waals surface area contributed by atoms with Gasteiger partial charge in [-0.1, -0.05) is 33.6 Å². The Hall–Kier alpha value is -0.160. The molecule has 0 aromatic heterocycles. The van der Waals surface area contributed by atoms with Crippen LogP contribution in [-0.4, -0.2) is 43.3 Å². The third-order valence-corrected chi connectivity index (χ3v) is 12.5. The van der Waals surface area contributed by atoms with Crippen LogP contribution in [0.25, 0.3) is 0 Å². The van der Waals surface area contributed by atoms with Gasteiger partial charge in [-0.05, 0) is 93.3 Å². The normalized spacial score (nSPS) is 64.5. The molecule has 0 amide bonds. The molecule has 6 saturated carbocycles. The summed E-state index contributed by atoms with van der Waals surface area (Å²) >= 11 is 0. The molecule has 0 radical (unpaired) electrons. The molecule has 4 heteroatoms. The summed E-state index contributed by atoms with van der Waals surface area (Å²) in [5, 5.41) is 47.4. The van der Waals surface area contributed by atoms with Crippen molar-refractivity contribution in [3.63, 3.8) is 0 Å². The van der Waals surface area contributed by atoms with Gasteiger partial charge < -0.3 is 20.4 Å². The van der Waals surface area contributed by atoms with Crippen LogP contribution in [0, 0.1) is 46.3 Å². The third-order valence-electron chi connectivity index (χ3n) is 12.5. The van der Waals surface area contributed by atoms with E-state index in [1.807, 2.05) is 13.8 Å². The summed E-state index contributed by atoms with van der Waals surface area (Å²) in [6.07, 6.45) is 9.38. The van der Waals surface area contributed by atoms with Gasteiger partial charge in [-0.2, -0.15) is 0 Å². The molecule has 12 unspecified atom stereocenters. The van der Waals surface area contributed by atoms with Gasteiger partial charge in [0.15, 0.2) is 0 Å². The van der Waals surface area contributed by atoms with E-state index in [2.05, 4.69) is 6.92 Å². The lowest BCUT2D eigenvalue weighted by Gasteiger charge is -2.86. The molecule has 0 spiro atoms. The Bertz CT molecular complexity index is 741. The van der Waals surface area contributed by atoms with Crippen LogP contribution in [-0.2, 0) is 0 Å². The van der Waals surface area contributed by atoms with E-state index in [-0.39, 0.29) is 5.41 Å². The third kappa shape index (κ3) is 1.82. The predicted molar refractivity (Wildman–Crippen MR) is 114 cm³/mol. The minimum absolute atomic E-state index is 0.358. The van der Waals surface area contributed by atoms with Crippen molar-refractivity contribution in [1.29, 1.82) is 0 Å². The van der Waals surface area contributed by atoms with Crippen molar-refractivity contribution in [2.24, 2.45) is 46.3 Å². The first-order chi connectivity index (χ1) is 14.1. The maximum atomic E-state index is 12.5. The zero-order chi connectivity index (χ0) is 21.3. The molecule has 12 atom stereocenters. The molecule has 0 aromatic carbocycles. The second-order valence-corrected chi connectivity index (χ2v) is 12.9. The summed E-state index contributed by atoms with van der Waals surface area (Å²) in [4.78, 5) is 0. The zero-order valence-corrected chi connectivity index (χ0v) is 19.1. The Morgan fingerprint density at radius 3 is 2.17 bits per heavy atom. The van der Waals surface area contributed by atoms with Crippen molar-refractivity contribution < 1.29 is 20.4 Å². The van der Waals surface area contributed by atoms with Crippen molar-refractivity contribution in [3.8, 4) is 0 Å². The van der Waals surface area contributed by atoms with Crippen LogP contribution in [0.5, 0.6) is 0 Å². The number of aliphatic hydroxyl groups is 4. The summed E-state index contributed by atoms with van der Waals surface area (Å²) in [7, 11) is 0. The fourth-order valence-electron chi connectivity index (χ4n) is 11.0. The molecule has 30 heavy (non-hydrogen) atoms. The van der Waals surface area contributed by atoms with Crippen molar-refractivity contribution in [3.05, 3.63) is 0 Å². The van der Waals surface area contributed by atoms with Gasteiger partial charge >= 0.3 is 0 Å². The second-order valence-electron chi connectivity index (χ2n) is 12.9. The fourth-order valence-corrected chi connectivity index (χ4v) is 11.0. The first-order valence-corrected chi connectivity index (χ1v) is 13.0. The van der Waals surface area contributed by atoms with Gasteiger partial charge in [0.05, 0.1) is 11.7 Å². The lowest BCUT2D eigenvalue weighted by Crippen LogP contribution is -2.97. The van der Waals surface area contributed by atoms with E-state index < -0.39 is 28.3 Å². The lowest BCUT2D eigenvalue weighted by atomic mass is 9.22. The highest BCUT2D eigenvalue weighted by Gasteiger charge is 2.93. The van der Waals surface area contributed by atoms with Crippen LogP contribution >= 0.6 is 0 Å². The first kappa shape index (κ1) is 20.4.